The van der Waals surface area contributed by atoms with Gasteiger partial charge in [-0.25, -0.2) is 9.59 Å². The van der Waals surface area contributed by atoms with E-state index in [1.807, 2.05) is 4.90 Å². The summed E-state index contributed by atoms with van der Waals surface area (Å²) in [6.07, 6.45) is 15.2. The van der Waals surface area contributed by atoms with Crippen LogP contribution in [-0.4, -0.2) is 48.7 Å². The number of piperidine rings is 1. The van der Waals surface area contributed by atoms with Crippen LogP contribution in [0, 0.1) is 5.92 Å². The maximum Gasteiger partial charge on any atom is 0.317 e. The lowest BCUT2D eigenvalue weighted by atomic mass is 9.93. The van der Waals surface area contributed by atoms with Gasteiger partial charge in [-0.15, -0.1) is 0 Å². The number of nitrogens with one attached hydrogen (secondary N) is 3. The van der Waals surface area contributed by atoms with Crippen molar-refractivity contribution in [1.82, 2.24) is 20.9 Å². The molecule has 0 aromatic carbocycles. The summed E-state index contributed by atoms with van der Waals surface area (Å²) in [6, 6.07) is 0.872. The van der Waals surface area contributed by atoms with Crippen LogP contribution in [0.2, 0.25) is 0 Å². The van der Waals surface area contributed by atoms with E-state index in [0.29, 0.717) is 18.0 Å². The molecule has 0 radical (unpaired) electrons. The molecule has 154 valence electrons. The first-order chi connectivity index (χ1) is 13.2. The Morgan fingerprint density at radius 1 is 0.741 bits per heavy atom. The van der Waals surface area contributed by atoms with Crippen molar-refractivity contribution in [1.29, 1.82) is 0 Å². The fraction of sp³-hybridized carbons (Fsp3) is 0.905. The van der Waals surface area contributed by atoms with E-state index in [2.05, 4.69) is 16.0 Å². The third kappa shape index (κ3) is 6.89. The van der Waals surface area contributed by atoms with Gasteiger partial charge in [-0.05, 0) is 50.9 Å². The van der Waals surface area contributed by atoms with Gasteiger partial charge >= 0.3 is 12.1 Å². The van der Waals surface area contributed by atoms with Crippen molar-refractivity contribution in [2.75, 3.05) is 19.6 Å². The normalized spacial score (nSPS) is 23.0. The number of nitrogens with zero attached hydrogens (tertiary/aromatic N) is 1. The van der Waals surface area contributed by atoms with Crippen LogP contribution in [-0.2, 0) is 0 Å². The first-order valence-corrected chi connectivity index (χ1v) is 11.3. The number of rotatable bonds is 5. The molecular formula is C21H38N4O2. The number of carbonyl (C=O) groups excluding carboxylic acids is 2. The van der Waals surface area contributed by atoms with Crippen LogP contribution in [0.3, 0.4) is 0 Å². The molecule has 1 saturated heterocycles. The monoisotopic (exact) mass is 378 g/mol. The Labute approximate surface area is 164 Å². The molecule has 6 heteroatoms. The minimum Gasteiger partial charge on any atom is -0.338 e. The van der Waals surface area contributed by atoms with Gasteiger partial charge in [0.2, 0.25) is 0 Å². The van der Waals surface area contributed by atoms with Gasteiger partial charge in [-0.1, -0.05) is 38.5 Å². The lowest BCUT2D eigenvalue weighted by Gasteiger charge is -2.34. The molecule has 2 aliphatic carbocycles. The first kappa shape index (κ1) is 20.3. The molecule has 27 heavy (non-hydrogen) atoms. The third-order valence-electron chi connectivity index (χ3n) is 6.61. The van der Waals surface area contributed by atoms with Crippen LogP contribution in [0.15, 0.2) is 0 Å². The molecule has 3 fully saturated rings. The molecule has 6 nitrogen and oxygen atoms in total. The summed E-state index contributed by atoms with van der Waals surface area (Å²) in [5.41, 5.74) is 0. The predicted octanol–water partition coefficient (Wildman–Crippen LogP) is 3.76. The number of amides is 4. The number of carbonyl (C=O) groups is 2. The fourth-order valence-electron chi connectivity index (χ4n) is 4.81. The minimum absolute atomic E-state index is 0.00815. The Morgan fingerprint density at radius 3 is 1.89 bits per heavy atom. The predicted molar refractivity (Wildman–Crippen MR) is 108 cm³/mol. The second kappa shape index (κ2) is 10.8. The zero-order chi connectivity index (χ0) is 18.9. The quantitative estimate of drug-likeness (QED) is 0.681. The average Bonchev–Trinajstić information content (AvgIpc) is 2.70. The molecule has 0 atom stereocenters. The molecule has 3 aliphatic rings. The van der Waals surface area contributed by atoms with E-state index >= 15 is 0 Å². The van der Waals surface area contributed by atoms with Crippen LogP contribution in [0.25, 0.3) is 0 Å². The summed E-state index contributed by atoms with van der Waals surface area (Å²) in [5.74, 6) is 0.610. The number of hydrogen-bond donors (Lipinski definition) is 3. The van der Waals surface area contributed by atoms with Gasteiger partial charge in [-0.3, -0.25) is 0 Å². The van der Waals surface area contributed by atoms with Gasteiger partial charge in [0.25, 0.3) is 0 Å². The molecule has 3 N–H and O–H groups in total. The van der Waals surface area contributed by atoms with E-state index < -0.39 is 0 Å². The van der Waals surface area contributed by atoms with Crippen molar-refractivity contribution in [3.05, 3.63) is 0 Å². The van der Waals surface area contributed by atoms with Crippen molar-refractivity contribution in [2.45, 2.75) is 95.6 Å². The fourth-order valence-corrected chi connectivity index (χ4v) is 4.81. The summed E-state index contributed by atoms with van der Waals surface area (Å²) >= 11 is 0. The number of likely N-dealkylation sites (tertiary alicyclic amines) is 1. The highest BCUT2D eigenvalue weighted by Gasteiger charge is 2.25. The molecule has 4 amide bonds. The summed E-state index contributed by atoms with van der Waals surface area (Å²) in [7, 11) is 0. The van der Waals surface area contributed by atoms with Crippen LogP contribution in [0.5, 0.6) is 0 Å². The molecule has 1 aliphatic heterocycles. The SMILES string of the molecule is O=C(NCCC1CCN(C(=O)NC2CCCCC2)CC1)NC1CCCCC1. The van der Waals surface area contributed by atoms with E-state index in [1.165, 1.54) is 38.5 Å². The second-order valence-corrected chi connectivity index (χ2v) is 8.74. The highest BCUT2D eigenvalue weighted by Crippen LogP contribution is 2.22. The summed E-state index contributed by atoms with van der Waals surface area (Å²) in [6.45, 7) is 2.42. The van der Waals surface area contributed by atoms with Crippen molar-refractivity contribution in [2.24, 2.45) is 5.92 Å². The molecular weight excluding hydrogens is 340 g/mol. The Bertz CT molecular complexity index is 462. The molecule has 0 spiro atoms. The van der Waals surface area contributed by atoms with E-state index in [4.69, 9.17) is 0 Å². The Morgan fingerprint density at radius 2 is 1.30 bits per heavy atom. The van der Waals surface area contributed by atoms with Gasteiger partial charge in [0, 0.05) is 31.7 Å². The molecule has 0 unspecified atom stereocenters. The van der Waals surface area contributed by atoms with Crippen LogP contribution < -0.4 is 16.0 Å². The van der Waals surface area contributed by atoms with E-state index in [1.54, 1.807) is 0 Å². The Hall–Kier alpha value is -1.46. The van der Waals surface area contributed by atoms with Crippen molar-refractivity contribution < 1.29 is 9.59 Å². The summed E-state index contributed by atoms with van der Waals surface area (Å²) < 4.78 is 0. The van der Waals surface area contributed by atoms with E-state index in [0.717, 1.165) is 64.6 Å². The van der Waals surface area contributed by atoms with Crippen LogP contribution in [0.4, 0.5) is 9.59 Å². The molecule has 0 aromatic heterocycles. The van der Waals surface area contributed by atoms with Gasteiger partial charge in [-0.2, -0.15) is 0 Å². The van der Waals surface area contributed by atoms with Crippen molar-refractivity contribution in [3.63, 3.8) is 0 Å². The first-order valence-electron chi connectivity index (χ1n) is 11.3. The van der Waals surface area contributed by atoms with Crippen LogP contribution >= 0.6 is 0 Å². The second-order valence-electron chi connectivity index (χ2n) is 8.74. The van der Waals surface area contributed by atoms with Crippen LogP contribution in [0.1, 0.15) is 83.5 Å². The molecule has 1 heterocycles. The maximum absolute atomic E-state index is 12.4. The van der Waals surface area contributed by atoms with Gasteiger partial charge in [0.1, 0.15) is 0 Å². The number of hydrogen-bond acceptors (Lipinski definition) is 2. The topological polar surface area (TPSA) is 73.5 Å². The molecule has 0 aromatic rings. The minimum atomic E-state index is -0.00815. The zero-order valence-corrected chi connectivity index (χ0v) is 16.8. The lowest BCUT2D eigenvalue weighted by Crippen LogP contribution is -2.48. The summed E-state index contributed by atoms with van der Waals surface area (Å²) in [4.78, 5) is 26.4. The molecule has 2 saturated carbocycles. The zero-order valence-electron chi connectivity index (χ0n) is 16.8. The maximum atomic E-state index is 12.4. The van der Waals surface area contributed by atoms with Crippen molar-refractivity contribution >= 4 is 12.1 Å². The Balaban J connectivity index is 1.25. The highest BCUT2D eigenvalue weighted by molar-refractivity contribution is 5.74. The third-order valence-corrected chi connectivity index (χ3v) is 6.61. The molecule has 3 rings (SSSR count). The average molecular weight is 379 g/mol. The Kier molecular flexibility index (Phi) is 8.09. The van der Waals surface area contributed by atoms with Gasteiger partial charge in [0.15, 0.2) is 0 Å². The van der Waals surface area contributed by atoms with E-state index in [-0.39, 0.29) is 12.1 Å². The lowest BCUT2D eigenvalue weighted by molar-refractivity contribution is 0.162. The number of urea groups is 2. The smallest absolute Gasteiger partial charge is 0.317 e. The highest BCUT2D eigenvalue weighted by atomic mass is 16.2. The van der Waals surface area contributed by atoms with Gasteiger partial charge in [0.05, 0.1) is 0 Å². The van der Waals surface area contributed by atoms with E-state index in [9.17, 15) is 9.59 Å². The standard InChI is InChI=1S/C21H38N4O2/c26-20(23-18-7-3-1-4-8-18)22-14-11-17-12-15-25(16-13-17)21(27)24-19-9-5-2-6-10-19/h17-19H,1-16H2,(H,24,27)(H2,22,23,26). The largest absolute Gasteiger partial charge is 0.338 e. The summed E-state index contributed by atoms with van der Waals surface area (Å²) in [5, 5.41) is 9.35. The van der Waals surface area contributed by atoms with Crippen molar-refractivity contribution in [3.8, 4) is 0 Å². The van der Waals surface area contributed by atoms with Gasteiger partial charge < -0.3 is 20.9 Å². The molecule has 0 bridgehead atoms.